The smallest absolute Gasteiger partial charge is 0.407 e. The Hall–Kier alpha value is -0.340. The Labute approximate surface area is 154 Å². The van der Waals surface area contributed by atoms with Crippen LogP contribution in [0.3, 0.4) is 0 Å². The van der Waals surface area contributed by atoms with Crippen LogP contribution in [0, 0.1) is 0 Å². The van der Waals surface area contributed by atoms with Gasteiger partial charge in [0.2, 0.25) is 0 Å². The molecule has 0 fully saturated rings. The summed E-state index contributed by atoms with van der Waals surface area (Å²) in [5.41, 5.74) is 0.143. The number of hydrogen-bond donors (Lipinski definition) is 1. The van der Waals surface area contributed by atoms with Crippen LogP contribution >= 0.6 is 38.5 Å². The molecular formula is C16H23BrINO3. The van der Waals surface area contributed by atoms with Gasteiger partial charge in [0.05, 0.1) is 18.8 Å². The van der Waals surface area contributed by atoms with Gasteiger partial charge in [-0.2, -0.15) is 0 Å². The van der Waals surface area contributed by atoms with Gasteiger partial charge in [-0.05, 0) is 45.4 Å². The van der Waals surface area contributed by atoms with E-state index in [1.54, 1.807) is 0 Å². The quantitative estimate of drug-likeness (QED) is 0.472. The van der Waals surface area contributed by atoms with Crippen molar-refractivity contribution in [3.8, 4) is 0 Å². The first-order chi connectivity index (χ1) is 10.1. The molecule has 4 nitrogen and oxygen atoms in total. The van der Waals surface area contributed by atoms with Crippen molar-refractivity contribution in [1.82, 2.24) is 5.32 Å². The van der Waals surface area contributed by atoms with Crippen molar-refractivity contribution in [2.24, 2.45) is 0 Å². The van der Waals surface area contributed by atoms with E-state index in [9.17, 15) is 4.79 Å². The Morgan fingerprint density at radius 1 is 1.32 bits per heavy atom. The number of halogens is 2. The molecule has 1 atom stereocenters. The van der Waals surface area contributed by atoms with Crippen LogP contribution in [-0.2, 0) is 16.1 Å². The second-order valence-electron chi connectivity index (χ2n) is 6.36. The monoisotopic (exact) mass is 483 g/mol. The highest BCUT2D eigenvalue weighted by Gasteiger charge is 2.26. The summed E-state index contributed by atoms with van der Waals surface area (Å²) < 4.78 is 13.0. The average molecular weight is 484 g/mol. The molecule has 0 heterocycles. The van der Waals surface area contributed by atoms with Crippen LogP contribution < -0.4 is 5.32 Å². The zero-order valence-electron chi connectivity index (χ0n) is 13.4. The van der Waals surface area contributed by atoms with E-state index >= 15 is 0 Å². The zero-order valence-corrected chi connectivity index (χ0v) is 17.2. The highest BCUT2D eigenvalue weighted by Crippen LogP contribution is 2.18. The predicted molar refractivity (Wildman–Crippen MR) is 100 cm³/mol. The number of benzene rings is 1. The van der Waals surface area contributed by atoms with Gasteiger partial charge in [0.1, 0.15) is 5.60 Å². The molecule has 0 saturated carbocycles. The van der Waals surface area contributed by atoms with Crippen LogP contribution in [0.2, 0.25) is 0 Å². The first-order valence-electron chi connectivity index (χ1n) is 7.05. The summed E-state index contributed by atoms with van der Waals surface area (Å²) in [5.74, 6) is 0. The molecule has 22 heavy (non-hydrogen) atoms. The van der Waals surface area contributed by atoms with E-state index < -0.39 is 17.3 Å². The predicted octanol–water partition coefficient (Wildman–Crippen LogP) is 4.68. The minimum atomic E-state index is -0.498. The summed E-state index contributed by atoms with van der Waals surface area (Å²) in [7, 11) is 0. The molecule has 0 saturated heterocycles. The van der Waals surface area contributed by atoms with Crippen molar-refractivity contribution in [3.05, 3.63) is 34.3 Å². The fraction of sp³-hybridized carbons (Fsp3) is 0.562. The highest BCUT2D eigenvalue weighted by molar-refractivity contribution is 14.1. The molecule has 0 spiro atoms. The lowest BCUT2D eigenvalue weighted by atomic mass is 10.1. The van der Waals surface area contributed by atoms with Crippen molar-refractivity contribution in [2.45, 2.75) is 45.5 Å². The summed E-state index contributed by atoms with van der Waals surface area (Å²) in [4.78, 5) is 11.7. The number of alkyl halides is 1. The Balaban J connectivity index is 2.51. The highest BCUT2D eigenvalue weighted by atomic mass is 127. The van der Waals surface area contributed by atoms with E-state index in [2.05, 4.69) is 43.8 Å². The standard InChI is InChI=1S/C16H23BrINO3/c1-15(2,3)22-14(20)19-11-16(4,10-18)21-9-12-6-5-7-13(17)8-12/h5-8H,9-11H2,1-4H3,(H,19,20). The van der Waals surface area contributed by atoms with Crippen molar-refractivity contribution in [3.63, 3.8) is 0 Å². The lowest BCUT2D eigenvalue weighted by Gasteiger charge is -2.29. The minimum Gasteiger partial charge on any atom is -0.444 e. The van der Waals surface area contributed by atoms with Gasteiger partial charge in [-0.15, -0.1) is 0 Å². The Bertz CT molecular complexity index is 504. The molecule has 1 unspecified atom stereocenters. The zero-order chi connectivity index (χ0) is 16.8. The van der Waals surface area contributed by atoms with E-state index in [0.717, 1.165) is 14.5 Å². The molecule has 1 N–H and O–H groups in total. The van der Waals surface area contributed by atoms with Crippen LogP contribution in [0.5, 0.6) is 0 Å². The van der Waals surface area contributed by atoms with Crippen LogP contribution in [0.1, 0.15) is 33.3 Å². The number of amides is 1. The third kappa shape index (κ3) is 7.78. The van der Waals surface area contributed by atoms with E-state index in [4.69, 9.17) is 9.47 Å². The second-order valence-corrected chi connectivity index (χ2v) is 8.04. The van der Waals surface area contributed by atoms with Crippen molar-refractivity contribution in [2.75, 3.05) is 11.0 Å². The number of carbonyl (C=O) groups excluding carboxylic acids is 1. The number of alkyl carbamates (subject to hydrolysis) is 1. The topological polar surface area (TPSA) is 47.6 Å². The summed E-state index contributed by atoms with van der Waals surface area (Å²) in [6.45, 7) is 8.40. The fourth-order valence-corrected chi connectivity index (χ4v) is 2.53. The molecule has 6 heteroatoms. The molecule has 0 aliphatic carbocycles. The van der Waals surface area contributed by atoms with Crippen molar-refractivity contribution in [1.29, 1.82) is 0 Å². The molecule has 1 aromatic rings. The largest absolute Gasteiger partial charge is 0.444 e. The van der Waals surface area contributed by atoms with E-state index in [1.807, 2.05) is 52.0 Å². The molecule has 124 valence electrons. The number of ether oxygens (including phenoxy) is 2. The SMILES string of the molecule is CC(C)(C)OC(=O)NCC(C)(CI)OCc1cccc(Br)c1. The maximum absolute atomic E-state index is 11.7. The number of nitrogens with one attached hydrogen (secondary N) is 1. The molecule has 0 radical (unpaired) electrons. The molecule has 0 aliphatic heterocycles. The van der Waals surface area contributed by atoms with E-state index in [0.29, 0.717) is 13.2 Å². The van der Waals surface area contributed by atoms with Crippen LogP contribution in [0.4, 0.5) is 4.79 Å². The number of hydrogen-bond acceptors (Lipinski definition) is 3. The molecule has 0 bridgehead atoms. The van der Waals surface area contributed by atoms with Gasteiger partial charge in [0, 0.05) is 8.90 Å². The molecular weight excluding hydrogens is 461 g/mol. The summed E-state index contributed by atoms with van der Waals surface area (Å²) in [5, 5.41) is 2.78. The molecule has 1 amide bonds. The number of carbonyl (C=O) groups is 1. The second kappa shape index (κ2) is 8.49. The van der Waals surface area contributed by atoms with Gasteiger partial charge in [-0.25, -0.2) is 4.79 Å². The van der Waals surface area contributed by atoms with Gasteiger partial charge in [0.15, 0.2) is 0 Å². The molecule has 1 aromatic carbocycles. The third-order valence-corrected chi connectivity index (χ3v) is 4.87. The first-order valence-corrected chi connectivity index (χ1v) is 9.37. The third-order valence-electron chi connectivity index (χ3n) is 2.76. The molecule has 1 rings (SSSR count). The average Bonchev–Trinajstić information content (AvgIpc) is 2.41. The van der Waals surface area contributed by atoms with E-state index in [1.165, 1.54) is 0 Å². The Kier molecular flexibility index (Phi) is 7.61. The Morgan fingerprint density at radius 2 is 2.00 bits per heavy atom. The maximum Gasteiger partial charge on any atom is 0.407 e. The van der Waals surface area contributed by atoms with Crippen LogP contribution in [-0.4, -0.2) is 28.3 Å². The normalized spacial score (nSPS) is 14.3. The first kappa shape index (κ1) is 19.7. The number of rotatable bonds is 6. The summed E-state index contributed by atoms with van der Waals surface area (Å²) in [6, 6.07) is 7.99. The van der Waals surface area contributed by atoms with Crippen LogP contribution in [0.25, 0.3) is 0 Å². The lowest BCUT2D eigenvalue weighted by molar-refractivity contribution is -0.0246. The lowest BCUT2D eigenvalue weighted by Crippen LogP contribution is -2.45. The minimum absolute atomic E-state index is 0.402. The van der Waals surface area contributed by atoms with Crippen molar-refractivity contribution >= 4 is 44.6 Å². The van der Waals surface area contributed by atoms with Crippen LogP contribution in [0.15, 0.2) is 28.7 Å². The van der Waals surface area contributed by atoms with Gasteiger partial charge in [0.25, 0.3) is 0 Å². The van der Waals surface area contributed by atoms with Gasteiger partial charge in [-0.1, -0.05) is 50.7 Å². The van der Waals surface area contributed by atoms with Gasteiger partial charge in [-0.3, -0.25) is 0 Å². The van der Waals surface area contributed by atoms with E-state index in [-0.39, 0.29) is 0 Å². The van der Waals surface area contributed by atoms with Gasteiger partial charge >= 0.3 is 6.09 Å². The summed E-state index contributed by atoms with van der Waals surface area (Å²) >= 11 is 5.71. The molecule has 0 aliphatic rings. The van der Waals surface area contributed by atoms with Gasteiger partial charge < -0.3 is 14.8 Å². The van der Waals surface area contributed by atoms with Crippen molar-refractivity contribution < 1.29 is 14.3 Å². The fourth-order valence-electron chi connectivity index (χ4n) is 1.59. The maximum atomic E-state index is 11.7. The Morgan fingerprint density at radius 3 is 2.55 bits per heavy atom. The molecule has 0 aromatic heterocycles. The summed E-state index contributed by atoms with van der Waals surface area (Å²) in [6.07, 6.45) is -0.422.